The van der Waals surface area contributed by atoms with Gasteiger partial charge in [0, 0.05) is 43.9 Å². The van der Waals surface area contributed by atoms with Crippen LogP contribution in [0.4, 0.5) is 0 Å². The van der Waals surface area contributed by atoms with Crippen LogP contribution in [0.15, 0.2) is 76.8 Å². The van der Waals surface area contributed by atoms with Crippen LogP contribution in [0.3, 0.4) is 0 Å². The Kier molecular flexibility index (Phi) is 3.50. The molecule has 0 amide bonds. The van der Waals surface area contributed by atoms with E-state index >= 15 is 0 Å². The molecular weight excluding hydrogens is 336 g/mol. The summed E-state index contributed by atoms with van der Waals surface area (Å²) in [4.78, 5) is 10.5. The van der Waals surface area contributed by atoms with Gasteiger partial charge >= 0.3 is 0 Å². The number of hydrogen-bond acceptors (Lipinski definition) is 2. The summed E-state index contributed by atoms with van der Waals surface area (Å²) in [6.07, 6.45) is 3.86. The molecule has 0 spiro atoms. The van der Waals surface area contributed by atoms with Crippen molar-refractivity contribution in [3.05, 3.63) is 78.1 Å². The van der Waals surface area contributed by atoms with Crippen molar-refractivity contribution >= 4 is 44.3 Å². The Morgan fingerprint density at radius 3 is 2.50 bits per heavy atom. The first-order valence-electron chi connectivity index (χ1n) is 8.73. The average molecular weight is 354 g/mol. The van der Waals surface area contributed by atoms with Crippen molar-refractivity contribution < 1.29 is 0 Å². The van der Waals surface area contributed by atoms with Crippen molar-refractivity contribution in [3.63, 3.8) is 0 Å². The van der Waals surface area contributed by atoms with Crippen molar-refractivity contribution in [1.29, 1.82) is 0 Å². The predicted octanol–water partition coefficient (Wildman–Crippen LogP) is 6.64. The SMILES string of the molecule is Cc1c2ccncc2c(C)c2c1[nH]c1ccc(Sc3ccccc3)cc12. The molecule has 2 heterocycles. The zero-order chi connectivity index (χ0) is 17.7. The number of aromatic nitrogens is 2. The Hall–Kier alpha value is -2.78. The lowest BCUT2D eigenvalue weighted by Gasteiger charge is -2.08. The number of hydrogen-bond donors (Lipinski definition) is 1. The fraction of sp³-hybridized carbons (Fsp3) is 0.0870. The third-order valence-electron chi connectivity index (χ3n) is 5.13. The van der Waals surface area contributed by atoms with E-state index < -0.39 is 0 Å². The van der Waals surface area contributed by atoms with Gasteiger partial charge in [0.2, 0.25) is 0 Å². The molecule has 26 heavy (non-hydrogen) atoms. The van der Waals surface area contributed by atoms with Crippen molar-refractivity contribution in [2.24, 2.45) is 0 Å². The van der Waals surface area contributed by atoms with Gasteiger partial charge in [0.25, 0.3) is 0 Å². The summed E-state index contributed by atoms with van der Waals surface area (Å²) in [5, 5.41) is 5.11. The van der Waals surface area contributed by atoms with Gasteiger partial charge in [-0.15, -0.1) is 0 Å². The first kappa shape index (κ1) is 15.5. The average Bonchev–Trinajstić information content (AvgIpc) is 3.06. The number of nitrogens with one attached hydrogen (secondary N) is 1. The van der Waals surface area contributed by atoms with E-state index in [-0.39, 0.29) is 0 Å². The molecule has 2 aromatic heterocycles. The zero-order valence-electron chi connectivity index (χ0n) is 14.7. The maximum absolute atomic E-state index is 4.35. The summed E-state index contributed by atoms with van der Waals surface area (Å²) < 4.78 is 0. The lowest BCUT2D eigenvalue weighted by atomic mass is 9.97. The molecule has 0 saturated carbocycles. The molecule has 5 rings (SSSR count). The maximum atomic E-state index is 4.35. The van der Waals surface area contributed by atoms with Crippen LogP contribution < -0.4 is 0 Å². The van der Waals surface area contributed by atoms with Gasteiger partial charge in [0.1, 0.15) is 0 Å². The summed E-state index contributed by atoms with van der Waals surface area (Å²) in [6, 6.07) is 19.3. The minimum atomic E-state index is 1.19. The summed E-state index contributed by atoms with van der Waals surface area (Å²) in [5.41, 5.74) is 5.00. The van der Waals surface area contributed by atoms with Crippen LogP contribution in [0.5, 0.6) is 0 Å². The number of pyridine rings is 1. The third kappa shape index (κ3) is 2.31. The summed E-state index contributed by atoms with van der Waals surface area (Å²) in [5.74, 6) is 0. The van der Waals surface area contributed by atoms with E-state index in [1.54, 1.807) is 11.8 Å². The van der Waals surface area contributed by atoms with Crippen molar-refractivity contribution in [2.75, 3.05) is 0 Å². The lowest BCUT2D eigenvalue weighted by molar-refractivity contribution is 1.35. The van der Waals surface area contributed by atoms with Gasteiger partial charge in [0.05, 0.1) is 5.52 Å². The monoisotopic (exact) mass is 354 g/mol. The summed E-state index contributed by atoms with van der Waals surface area (Å²) >= 11 is 1.80. The van der Waals surface area contributed by atoms with Gasteiger partial charge < -0.3 is 4.98 Å². The highest BCUT2D eigenvalue weighted by molar-refractivity contribution is 7.99. The zero-order valence-corrected chi connectivity index (χ0v) is 15.5. The highest BCUT2D eigenvalue weighted by atomic mass is 32.2. The van der Waals surface area contributed by atoms with Gasteiger partial charge in [-0.25, -0.2) is 0 Å². The quantitative estimate of drug-likeness (QED) is 0.385. The smallest absolute Gasteiger partial charge is 0.0503 e. The molecule has 1 N–H and O–H groups in total. The van der Waals surface area contributed by atoms with Crippen LogP contribution in [-0.2, 0) is 0 Å². The Balaban J connectivity index is 1.78. The fourth-order valence-electron chi connectivity index (χ4n) is 3.82. The van der Waals surface area contributed by atoms with Crippen LogP contribution in [0.2, 0.25) is 0 Å². The van der Waals surface area contributed by atoms with E-state index in [1.165, 1.54) is 53.5 Å². The second-order valence-corrected chi connectivity index (χ2v) is 7.82. The van der Waals surface area contributed by atoms with Gasteiger partial charge in [-0.1, -0.05) is 30.0 Å². The molecule has 0 bridgehead atoms. The molecule has 0 radical (unpaired) electrons. The van der Waals surface area contributed by atoms with Crippen LogP contribution in [0.25, 0.3) is 32.6 Å². The molecule has 0 saturated heterocycles. The Labute approximate surface area is 156 Å². The normalized spacial score (nSPS) is 11.6. The van der Waals surface area contributed by atoms with Crippen molar-refractivity contribution in [3.8, 4) is 0 Å². The highest BCUT2D eigenvalue weighted by Crippen LogP contribution is 2.38. The molecule has 0 atom stereocenters. The second-order valence-electron chi connectivity index (χ2n) is 6.67. The molecular formula is C23H18N2S. The molecule has 0 aliphatic rings. The number of aryl methyl sites for hydroxylation is 2. The van der Waals surface area contributed by atoms with Gasteiger partial charge in [-0.2, -0.15) is 0 Å². The number of H-pyrrole nitrogens is 1. The molecule has 3 heteroatoms. The number of fused-ring (bicyclic) bond motifs is 4. The minimum Gasteiger partial charge on any atom is -0.354 e. The van der Waals surface area contributed by atoms with Crippen LogP contribution in [0, 0.1) is 13.8 Å². The van der Waals surface area contributed by atoms with Gasteiger partial charge in [0.15, 0.2) is 0 Å². The van der Waals surface area contributed by atoms with E-state index in [0.717, 1.165) is 0 Å². The van der Waals surface area contributed by atoms with E-state index in [0.29, 0.717) is 0 Å². The van der Waals surface area contributed by atoms with Crippen LogP contribution in [0.1, 0.15) is 11.1 Å². The highest BCUT2D eigenvalue weighted by Gasteiger charge is 2.14. The summed E-state index contributed by atoms with van der Waals surface area (Å²) in [6.45, 7) is 4.40. The minimum absolute atomic E-state index is 1.19. The first-order valence-corrected chi connectivity index (χ1v) is 9.55. The first-order chi connectivity index (χ1) is 12.7. The molecule has 126 valence electrons. The van der Waals surface area contributed by atoms with Crippen molar-refractivity contribution in [2.45, 2.75) is 23.6 Å². The van der Waals surface area contributed by atoms with Gasteiger partial charge in [-0.05, 0) is 66.8 Å². The Morgan fingerprint density at radius 2 is 1.65 bits per heavy atom. The molecule has 0 aliphatic carbocycles. The summed E-state index contributed by atoms with van der Waals surface area (Å²) in [7, 11) is 0. The molecule has 5 aromatic rings. The predicted molar refractivity (Wildman–Crippen MR) is 111 cm³/mol. The van der Waals surface area contributed by atoms with E-state index in [4.69, 9.17) is 0 Å². The molecule has 0 unspecified atom stereocenters. The maximum Gasteiger partial charge on any atom is 0.0503 e. The molecule has 2 nitrogen and oxygen atoms in total. The second kappa shape index (κ2) is 5.89. The number of rotatable bonds is 2. The van der Waals surface area contributed by atoms with E-state index in [2.05, 4.69) is 78.4 Å². The standard InChI is InChI=1S/C23H18N2S/c1-14-20-13-24-11-10-18(20)15(2)23-22(14)19-12-17(8-9-21(19)25-23)26-16-6-4-3-5-7-16/h3-13,25H,1-2H3. The van der Waals surface area contributed by atoms with Crippen LogP contribution >= 0.6 is 11.8 Å². The molecule has 0 aliphatic heterocycles. The van der Waals surface area contributed by atoms with Gasteiger partial charge in [-0.3, -0.25) is 4.98 Å². The lowest BCUT2D eigenvalue weighted by Crippen LogP contribution is -1.87. The number of benzene rings is 3. The van der Waals surface area contributed by atoms with E-state index in [1.807, 2.05) is 12.4 Å². The largest absolute Gasteiger partial charge is 0.354 e. The topological polar surface area (TPSA) is 28.7 Å². The third-order valence-corrected chi connectivity index (χ3v) is 6.13. The van der Waals surface area contributed by atoms with E-state index in [9.17, 15) is 0 Å². The molecule has 3 aromatic carbocycles. The number of aromatic amines is 1. The van der Waals surface area contributed by atoms with Crippen molar-refractivity contribution in [1.82, 2.24) is 9.97 Å². The number of nitrogens with zero attached hydrogens (tertiary/aromatic N) is 1. The fourth-order valence-corrected chi connectivity index (χ4v) is 4.70. The Morgan fingerprint density at radius 1 is 0.808 bits per heavy atom. The molecule has 0 fully saturated rings. The Bertz CT molecular complexity index is 1270. The van der Waals surface area contributed by atoms with Crippen LogP contribution in [-0.4, -0.2) is 9.97 Å².